The van der Waals surface area contributed by atoms with Gasteiger partial charge in [-0.15, -0.1) is 0 Å². The van der Waals surface area contributed by atoms with Gasteiger partial charge in [0.25, 0.3) is 0 Å². The van der Waals surface area contributed by atoms with Crippen LogP contribution < -0.4 is 5.32 Å². The van der Waals surface area contributed by atoms with Crippen LogP contribution in [0.25, 0.3) is 0 Å². The van der Waals surface area contributed by atoms with E-state index in [4.69, 9.17) is 4.74 Å². The lowest BCUT2D eigenvalue weighted by molar-refractivity contribution is -0.151. The Bertz CT molecular complexity index is 347. The maximum atomic E-state index is 12.6. The van der Waals surface area contributed by atoms with Crippen molar-refractivity contribution >= 4 is 11.8 Å². The smallest absolute Gasteiger partial charge is 0.248 e. The van der Waals surface area contributed by atoms with E-state index in [1.165, 1.54) is 0 Å². The fourth-order valence-electron chi connectivity index (χ4n) is 3.03. The summed E-state index contributed by atoms with van der Waals surface area (Å²) in [5.41, 5.74) is -0.680. The molecule has 1 N–H and O–H groups in total. The Labute approximate surface area is 114 Å². The predicted octanol–water partition coefficient (Wildman–Crippen LogP) is 0.930. The lowest BCUT2D eigenvalue weighted by Gasteiger charge is -2.42. The van der Waals surface area contributed by atoms with Crippen LogP contribution in [-0.2, 0) is 14.3 Å². The van der Waals surface area contributed by atoms with Gasteiger partial charge < -0.3 is 15.0 Å². The molecule has 5 nitrogen and oxygen atoms in total. The van der Waals surface area contributed by atoms with Crippen LogP contribution in [0, 0.1) is 5.92 Å². The molecule has 0 unspecified atom stereocenters. The Kier molecular flexibility index (Phi) is 4.45. The molecule has 0 aromatic rings. The highest BCUT2D eigenvalue weighted by atomic mass is 16.5. The molecule has 5 heteroatoms. The summed E-state index contributed by atoms with van der Waals surface area (Å²) >= 11 is 0. The number of carbonyl (C=O) groups is 2. The van der Waals surface area contributed by atoms with E-state index in [9.17, 15) is 9.59 Å². The van der Waals surface area contributed by atoms with Crippen molar-refractivity contribution in [2.24, 2.45) is 5.92 Å². The number of rotatable bonds is 4. The molecule has 0 radical (unpaired) electrons. The zero-order valence-electron chi connectivity index (χ0n) is 11.9. The molecule has 2 aliphatic heterocycles. The van der Waals surface area contributed by atoms with Crippen LogP contribution in [-0.4, -0.2) is 48.6 Å². The summed E-state index contributed by atoms with van der Waals surface area (Å²) in [7, 11) is 0. The van der Waals surface area contributed by atoms with Gasteiger partial charge in [-0.1, -0.05) is 13.8 Å². The second-order valence-electron chi connectivity index (χ2n) is 5.58. The van der Waals surface area contributed by atoms with Gasteiger partial charge in [-0.3, -0.25) is 9.59 Å². The molecule has 2 saturated heterocycles. The molecule has 2 rings (SSSR count). The van der Waals surface area contributed by atoms with Gasteiger partial charge >= 0.3 is 0 Å². The SMILES string of the molecule is CCC1(CC)NC(=O)CN(CC2CCOCC2)C1=O. The molecule has 2 aliphatic rings. The molecule has 108 valence electrons. The van der Waals surface area contributed by atoms with E-state index < -0.39 is 5.54 Å². The number of nitrogens with zero attached hydrogens (tertiary/aromatic N) is 1. The molecule has 2 fully saturated rings. The minimum Gasteiger partial charge on any atom is -0.381 e. The maximum absolute atomic E-state index is 12.6. The first-order valence-corrected chi connectivity index (χ1v) is 7.29. The first-order valence-electron chi connectivity index (χ1n) is 7.29. The minimum absolute atomic E-state index is 0.0321. The Morgan fingerprint density at radius 1 is 1.26 bits per heavy atom. The predicted molar refractivity (Wildman–Crippen MR) is 71.6 cm³/mol. The number of carbonyl (C=O) groups excluding carboxylic acids is 2. The number of hydrogen-bond acceptors (Lipinski definition) is 3. The van der Waals surface area contributed by atoms with Gasteiger partial charge in [0.2, 0.25) is 11.8 Å². The zero-order chi connectivity index (χ0) is 13.9. The summed E-state index contributed by atoms with van der Waals surface area (Å²) in [5, 5.41) is 2.89. The first-order chi connectivity index (χ1) is 9.11. The third-order valence-corrected chi connectivity index (χ3v) is 4.44. The van der Waals surface area contributed by atoms with Crippen LogP contribution in [0.4, 0.5) is 0 Å². The highest BCUT2D eigenvalue weighted by Gasteiger charge is 2.44. The van der Waals surface area contributed by atoms with Crippen molar-refractivity contribution in [2.45, 2.75) is 45.1 Å². The second kappa shape index (κ2) is 5.90. The molecule has 0 aromatic carbocycles. The van der Waals surface area contributed by atoms with Gasteiger partial charge in [-0.25, -0.2) is 0 Å². The molecular formula is C14H24N2O3. The lowest BCUT2D eigenvalue weighted by Crippen LogP contribution is -2.66. The Morgan fingerprint density at radius 2 is 1.89 bits per heavy atom. The summed E-state index contributed by atoms with van der Waals surface area (Å²) < 4.78 is 5.34. The van der Waals surface area contributed by atoms with E-state index in [1.54, 1.807) is 4.90 Å². The van der Waals surface area contributed by atoms with Crippen LogP contribution in [0.5, 0.6) is 0 Å². The fraction of sp³-hybridized carbons (Fsp3) is 0.857. The van der Waals surface area contributed by atoms with Gasteiger partial charge in [0.05, 0.1) is 6.54 Å². The number of nitrogens with one attached hydrogen (secondary N) is 1. The second-order valence-corrected chi connectivity index (χ2v) is 5.58. The van der Waals surface area contributed by atoms with Crippen molar-refractivity contribution in [1.29, 1.82) is 0 Å². The van der Waals surface area contributed by atoms with Gasteiger partial charge in [-0.2, -0.15) is 0 Å². The summed E-state index contributed by atoms with van der Waals surface area (Å²) in [6.07, 6.45) is 3.27. The van der Waals surface area contributed by atoms with Crippen molar-refractivity contribution in [1.82, 2.24) is 10.2 Å². The van der Waals surface area contributed by atoms with Crippen LogP contribution in [0.1, 0.15) is 39.5 Å². The summed E-state index contributed by atoms with van der Waals surface area (Å²) in [6.45, 7) is 6.35. The number of ether oxygens (including phenoxy) is 1. The third-order valence-electron chi connectivity index (χ3n) is 4.44. The van der Waals surface area contributed by atoms with Crippen molar-refractivity contribution < 1.29 is 14.3 Å². The quantitative estimate of drug-likeness (QED) is 0.825. The molecule has 0 aliphatic carbocycles. The summed E-state index contributed by atoms with van der Waals surface area (Å²) in [6, 6.07) is 0. The van der Waals surface area contributed by atoms with Crippen LogP contribution in [0.3, 0.4) is 0 Å². The van der Waals surface area contributed by atoms with E-state index in [-0.39, 0.29) is 18.4 Å². The van der Waals surface area contributed by atoms with Gasteiger partial charge in [0.15, 0.2) is 0 Å². The standard InChI is InChI=1S/C14H24N2O3/c1-3-14(4-2)13(18)16(10-12(17)15-14)9-11-5-7-19-8-6-11/h11H,3-10H2,1-2H3,(H,15,17). The Morgan fingerprint density at radius 3 is 2.47 bits per heavy atom. The number of hydrogen-bond donors (Lipinski definition) is 1. The molecule has 2 heterocycles. The lowest BCUT2D eigenvalue weighted by atomic mass is 9.88. The van der Waals surface area contributed by atoms with Gasteiger partial charge in [0.1, 0.15) is 5.54 Å². The fourth-order valence-corrected chi connectivity index (χ4v) is 3.03. The Balaban J connectivity index is 2.06. The number of piperazine rings is 1. The van der Waals surface area contributed by atoms with Gasteiger partial charge in [-0.05, 0) is 31.6 Å². The average Bonchev–Trinajstić information content (AvgIpc) is 2.44. The largest absolute Gasteiger partial charge is 0.381 e. The summed E-state index contributed by atoms with van der Waals surface area (Å²) in [4.78, 5) is 26.2. The highest BCUT2D eigenvalue weighted by molar-refractivity contribution is 5.97. The highest BCUT2D eigenvalue weighted by Crippen LogP contribution is 2.24. The third kappa shape index (κ3) is 2.91. The van der Waals surface area contributed by atoms with Crippen LogP contribution >= 0.6 is 0 Å². The molecule has 0 bridgehead atoms. The zero-order valence-corrected chi connectivity index (χ0v) is 11.9. The molecular weight excluding hydrogens is 244 g/mol. The Hall–Kier alpha value is -1.10. The van der Waals surface area contributed by atoms with Crippen molar-refractivity contribution in [3.05, 3.63) is 0 Å². The normalized spacial score (nSPS) is 24.4. The van der Waals surface area contributed by atoms with E-state index >= 15 is 0 Å². The van der Waals surface area contributed by atoms with E-state index in [1.807, 2.05) is 13.8 Å². The monoisotopic (exact) mass is 268 g/mol. The van der Waals surface area contributed by atoms with Crippen LogP contribution in [0.15, 0.2) is 0 Å². The minimum atomic E-state index is -0.680. The molecule has 0 aromatic heterocycles. The van der Waals surface area contributed by atoms with E-state index in [0.717, 1.165) is 26.1 Å². The summed E-state index contributed by atoms with van der Waals surface area (Å²) in [5.74, 6) is 0.522. The van der Waals surface area contributed by atoms with E-state index in [0.29, 0.717) is 25.3 Å². The number of amides is 2. The maximum Gasteiger partial charge on any atom is 0.248 e. The van der Waals surface area contributed by atoms with Gasteiger partial charge in [0, 0.05) is 19.8 Å². The van der Waals surface area contributed by atoms with E-state index in [2.05, 4.69) is 5.32 Å². The average molecular weight is 268 g/mol. The van der Waals surface area contributed by atoms with Crippen molar-refractivity contribution in [3.63, 3.8) is 0 Å². The molecule has 0 atom stereocenters. The first kappa shape index (κ1) is 14.3. The molecule has 2 amide bonds. The molecule has 0 saturated carbocycles. The molecule has 19 heavy (non-hydrogen) atoms. The van der Waals surface area contributed by atoms with Crippen LogP contribution in [0.2, 0.25) is 0 Å². The van der Waals surface area contributed by atoms with Crippen molar-refractivity contribution in [3.8, 4) is 0 Å². The topological polar surface area (TPSA) is 58.6 Å². The molecule has 0 spiro atoms. The van der Waals surface area contributed by atoms with Crippen molar-refractivity contribution in [2.75, 3.05) is 26.3 Å².